The second-order valence-electron chi connectivity index (χ2n) is 4.73. The number of hydrogen-bond acceptors (Lipinski definition) is 6. The fraction of sp³-hybridized carbons (Fsp3) is 0.417. The Morgan fingerprint density at radius 3 is 2.43 bits per heavy atom. The van der Waals surface area contributed by atoms with Gasteiger partial charge in [0.05, 0.1) is 17.1 Å². The van der Waals surface area contributed by atoms with Gasteiger partial charge < -0.3 is 9.64 Å². The predicted molar refractivity (Wildman–Crippen MR) is 80.8 cm³/mol. The van der Waals surface area contributed by atoms with Gasteiger partial charge in [-0.3, -0.25) is 10.1 Å². The van der Waals surface area contributed by atoms with Crippen LogP contribution < -0.4 is 0 Å². The average molecular weight is 364 g/mol. The van der Waals surface area contributed by atoms with E-state index in [1.54, 1.807) is 0 Å². The van der Waals surface area contributed by atoms with E-state index in [-0.39, 0.29) is 41.8 Å². The van der Waals surface area contributed by atoms with Crippen molar-refractivity contribution in [2.24, 2.45) is 0 Å². The molecule has 0 spiro atoms. The molecule has 0 saturated carbocycles. The van der Waals surface area contributed by atoms with Gasteiger partial charge in [0.1, 0.15) is 4.90 Å². The normalized spacial score (nSPS) is 16.2. The van der Waals surface area contributed by atoms with E-state index in [0.29, 0.717) is 0 Å². The molecule has 11 heteroatoms. The number of sulfonamides is 1. The molecule has 1 heterocycles. The van der Waals surface area contributed by atoms with Crippen LogP contribution in [-0.4, -0.2) is 61.9 Å². The van der Waals surface area contributed by atoms with Gasteiger partial charge in [-0.1, -0.05) is 11.6 Å². The number of rotatable bonds is 3. The average Bonchev–Trinajstić information content (AvgIpc) is 2.54. The highest BCUT2D eigenvalue weighted by Gasteiger charge is 2.32. The van der Waals surface area contributed by atoms with E-state index in [0.717, 1.165) is 16.4 Å². The number of piperazine rings is 1. The molecule has 9 nitrogen and oxygen atoms in total. The van der Waals surface area contributed by atoms with Crippen molar-refractivity contribution in [1.82, 2.24) is 9.21 Å². The van der Waals surface area contributed by atoms with Crippen molar-refractivity contribution in [2.45, 2.75) is 4.90 Å². The minimum absolute atomic E-state index is 0.0520. The zero-order valence-electron chi connectivity index (χ0n) is 12.1. The largest absolute Gasteiger partial charge is 0.453 e. The van der Waals surface area contributed by atoms with Crippen molar-refractivity contribution in [2.75, 3.05) is 33.3 Å². The van der Waals surface area contributed by atoms with Crippen molar-refractivity contribution >= 4 is 33.4 Å². The minimum Gasteiger partial charge on any atom is -0.453 e. The number of amides is 1. The van der Waals surface area contributed by atoms with Gasteiger partial charge in [0.15, 0.2) is 0 Å². The second kappa shape index (κ2) is 6.69. The molecule has 0 aromatic heterocycles. The van der Waals surface area contributed by atoms with Gasteiger partial charge >= 0.3 is 6.09 Å². The number of nitro benzene ring substituents is 1. The Morgan fingerprint density at radius 2 is 1.91 bits per heavy atom. The number of non-ortho nitro benzene ring substituents is 1. The zero-order chi connectivity index (χ0) is 17.2. The Hall–Kier alpha value is -1.91. The molecule has 0 bridgehead atoms. The molecule has 1 fully saturated rings. The van der Waals surface area contributed by atoms with Crippen LogP contribution in [0.2, 0.25) is 5.02 Å². The van der Waals surface area contributed by atoms with E-state index in [9.17, 15) is 23.3 Å². The maximum Gasteiger partial charge on any atom is 0.409 e. The number of nitrogens with zero attached hydrogens (tertiary/aromatic N) is 3. The third-order valence-electron chi connectivity index (χ3n) is 3.41. The van der Waals surface area contributed by atoms with Crippen LogP contribution in [0.4, 0.5) is 10.5 Å². The van der Waals surface area contributed by atoms with Crippen LogP contribution in [0.5, 0.6) is 0 Å². The van der Waals surface area contributed by atoms with E-state index in [1.807, 2.05) is 0 Å². The second-order valence-corrected chi connectivity index (χ2v) is 7.05. The summed E-state index contributed by atoms with van der Waals surface area (Å²) in [5.74, 6) is 0. The summed E-state index contributed by atoms with van der Waals surface area (Å²) >= 11 is 5.89. The molecule has 1 amide bonds. The lowest BCUT2D eigenvalue weighted by Gasteiger charge is -2.33. The summed E-state index contributed by atoms with van der Waals surface area (Å²) in [4.78, 5) is 22.6. The molecule has 23 heavy (non-hydrogen) atoms. The molecule has 1 aliphatic heterocycles. The molecule has 1 saturated heterocycles. The smallest absolute Gasteiger partial charge is 0.409 e. The number of carbonyl (C=O) groups excluding carboxylic acids is 1. The summed E-state index contributed by atoms with van der Waals surface area (Å²) in [5, 5.41) is 10.7. The molecular weight excluding hydrogens is 350 g/mol. The molecule has 1 aromatic carbocycles. The summed E-state index contributed by atoms with van der Waals surface area (Å²) in [6.07, 6.45) is -0.532. The Bertz CT molecular complexity index is 730. The molecule has 0 aliphatic carbocycles. The van der Waals surface area contributed by atoms with Crippen LogP contribution in [0.3, 0.4) is 0 Å². The van der Waals surface area contributed by atoms with E-state index < -0.39 is 21.0 Å². The zero-order valence-corrected chi connectivity index (χ0v) is 13.7. The number of halogens is 1. The van der Waals surface area contributed by atoms with Crippen LogP contribution in [0.1, 0.15) is 0 Å². The first-order chi connectivity index (χ1) is 10.8. The van der Waals surface area contributed by atoms with E-state index >= 15 is 0 Å². The molecule has 1 aliphatic rings. The third kappa shape index (κ3) is 3.54. The Balaban J connectivity index is 2.25. The van der Waals surface area contributed by atoms with Crippen molar-refractivity contribution in [3.63, 3.8) is 0 Å². The molecule has 126 valence electrons. The third-order valence-corrected chi connectivity index (χ3v) is 5.80. The number of benzene rings is 1. The van der Waals surface area contributed by atoms with E-state index in [4.69, 9.17) is 11.6 Å². The first-order valence-electron chi connectivity index (χ1n) is 6.54. The van der Waals surface area contributed by atoms with Gasteiger partial charge in [0.25, 0.3) is 5.69 Å². The summed E-state index contributed by atoms with van der Waals surface area (Å²) < 4.78 is 30.9. The highest BCUT2D eigenvalue weighted by molar-refractivity contribution is 7.89. The first kappa shape index (κ1) is 17.4. The summed E-state index contributed by atoms with van der Waals surface area (Å²) in [6.45, 7) is 0.434. The number of methoxy groups -OCH3 is 1. The quantitative estimate of drug-likeness (QED) is 0.591. The summed E-state index contributed by atoms with van der Waals surface area (Å²) in [6, 6.07) is 3.25. The lowest BCUT2D eigenvalue weighted by molar-refractivity contribution is -0.385. The lowest BCUT2D eigenvalue weighted by atomic mass is 10.3. The maximum absolute atomic E-state index is 12.6. The van der Waals surface area contributed by atoms with Gasteiger partial charge in [-0.05, 0) is 6.07 Å². The standard InChI is InChI=1S/C12H14ClN3O6S/c1-22-12(17)14-4-6-15(7-5-14)23(20,21)11-8-9(16(18)19)2-3-10(11)13/h2-3,8H,4-7H2,1H3. The molecule has 0 atom stereocenters. The monoisotopic (exact) mass is 363 g/mol. The highest BCUT2D eigenvalue weighted by atomic mass is 35.5. The van der Waals surface area contributed by atoms with Crippen LogP contribution in [0.15, 0.2) is 23.1 Å². The molecule has 0 unspecified atom stereocenters. The fourth-order valence-corrected chi connectivity index (χ4v) is 4.10. The Kier molecular flexibility index (Phi) is 5.07. The summed E-state index contributed by atoms with van der Waals surface area (Å²) in [5.41, 5.74) is -0.360. The van der Waals surface area contributed by atoms with E-state index in [1.165, 1.54) is 18.1 Å². The SMILES string of the molecule is COC(=O)N1CCN(S(=O)(=O)c2cc([N+](=O)[O-])ccc2Cl)CC1. The van der Waals surface area contributed by atoms with E-state index in [2.05, 4.69) is 4.74 Å². The molecule has 0 radical (unpaired) electrons. The van der Waals surface area contributed by atoms with Crippen molar-refractivity contribution < 1.29 is 22.9 Å². The number of ether oxygens (including phenoxy) is 1. The maximum atomic E-state index is 12.6. The fourth-order valence-electron chi connectivity index (χ4n) is 2.18. The molecular formula is C12H14ClN3O6S. The number of hydrogen-bond donors (Lipinski definition) is 0. The van der Waals surface area contributed by atoms with Crippen molar-refractivity contribution in [3.8, 4) is 0 Å². The number of carbonyl (C=O) groups is 1. The molecule has 2 rings (SSSR count). The Morgan fingerprint density at radius 1 is 1.30 bits per heavy atom. The van der Waals surface area contributed by atoms with Crippen molar-refractivity contribution in [1.29, 1.82) is 0 Å². The minimum atomic E-state index is -3.99. The van der Waals surface area contributed by atoms with Gasteiger partial charge in [0.2, 0.25) is 10.0 Å². The van der Waals surface area contributed by atoms with Crippen LogP contribution in [0.25, 0.3) is 0 Å². The Labute approximate surface area is 137 Å². The van der Waals surface area contributed by atoms with Crippen molar-refractivity contribution in [3.05, 3.63) is 33.3 Å². The van der Waals surface area contributed by atoms with Gasteiger partial charge in [0, 0.05) is 38.3 Å². The van der Waals surface area contributed by atoms with Gasteiger partial charge in [-0.2, -0.15) is 4.31 Å². The highest BCUT2D eigenvalue weighted by Crippen LogP contribution is 2.29. The van der Waals surface area contributed by atoms with Gasteiger partial charge in [-0.25, -0.2) is 13.2 Å². The molecule has 0 N–H and O–H groups in total. The first-order valence-corrected chi connectivity index (χ1v) is 8.36. The summed E-state index contributed by atoms with van der Waals surface area (Å²) in [7, 11) is -2.74. The predicted octanol–water partition coefficient (Wildman–Crippen LogP) is 1.32. The topological polar surface area (TPSA) is 110 Å². The lowest BCUT2D eigenvalue weighted by Crippen LogP contribution is -2.50. The van der Waals surface area contributed by atoms with Crippen LogP contribution >= 0.6 is 11.6 Å². The van der Waals surface area contributed by atoms with Crippen LogP contribution in [-0.2, 0) is 14.8 Å². The van der Waals surface area contributed by atoms with Crippen LogP contribution in [0, 0.1) is 10.1 Å². The van der Waals surface area contributed by atoms with Gasteiger partial charge in [-0.15, -0.1) is 0 Å². The number of nitro groups is 1. The molecule has 1 aromatic rings.